The van der Waals surface area contributed by atoms with E-state index in [2.05, 4.69) is 0 Å². The molecule has 1 aromatic carbocycles. The molecule has 252 valence electrons. The predicted octanol–water partition coefficient (Wildman–Crippen LogP) is 5.41. The van der Waals surface area contributed by atoms with Gasteiger partial charge in [0.05, 0.1) is 18.2 Å². The van der Waals surface area contributed by atoms with Crippen LogP contribution in [-0.2, 0) is 30.2 Å². The molecule has 2 saturated carbocycles. The highest BCUT2D eigenvalue weighted by molar-refractivity contribution is 5.94. The first-order valence-corrected chi connectivity index (χ1v) is 17.3. The highest BCUT2D eigenvalue weighted by Crippen LogP contribution is 2.42. The third-order valence-corrected chi connectivity index (χ3v) is 11.2. The number of rotatable bonds is 11. The molecular weight excluding hydrogens is 591 g/mol. The zero-order chi connectivity index (χ0) is 32.2. The molecule has 6 rings (SSSR count). The average molecular weight is 641 g/mol. The molecule has 1 amide bonds. The molecule has 46 heavy (non-hydrogen) atoms. The van der Waals surface area contributed by atoms with E-state index in [9.17, 15) is 18.8 Å². The molecule has 3 heterocycles. The summed E-state index contributed by atoms with van der Waals surface area (Å²) < 4.78 is 35.5. The number of alkyl halides is 1. The normalized spacial score (nSPS) is 30.8. The number of nitrogens with two attached hydrogens (primary N) is 1. The minimum atomic E-state index is -0.537. The Kier molecular flexibility index (Phi) is 10.8. The van der Waals surface area contributed by atoms with Crippen LogP contribution >= 0.6 is 0 Å². The molecule has 4 atom stereocenters. The summed E-state index contributed by atoms with van der Waals surface area (Å²) in [6, 6.07) is 6.27. The number of esters is 1. The van der Waals surface area contributed by atoms with Crippen LogP contribution in [0.5, 0.6) is 0 Å². The third-order valence-electron chi connectivity index (χ3n) is 11.2. The van der Waals surface area contributed by atoms with Crippen molar-refractivity contribution < 1.29 is 37.4 Å². The Labute approximate surface area is 270 Å². The summed E-state index contributed by atoms with van der Waals surface area (Å²) in [5.41, 5.74) is 7.35. The number of amides is 1. The molecule has 4 fully saturated rings. The van der Waals surface area contributed by atoms with Gasteiger partial charge in [0.15, 0.2) is 5.78 Å². The first kappa shape index (κ1) is 33.1. The number of fused-ring (bicyclic) bond motifs is 1. The Morgan fingerprint density at radius 3 is 2.50 bits per heavy atom. The minimum Gasteiger partial charge on any atom is -0.457 e. The molecule has 2 saturated heterocycles. The van der Waals surface area contributed by atoms with Crippen LogP contribution in [-0.4, -0.2) is 80.4 Å². The molecular formula is C36H49FN2O7. The van der Waals surface area contributed by atoms with Crippen LogP contribution < -0.4 is 5.73 Å². The topological polar surface area (TPSA) is 121 Å². The first-order valence-electron chi connectivity index (χ1n) is 17.3. The number of nitrogens with zero attached hydrogens (tertiary/aromatic N) is 1. The molecule has 2 aliphatic carbocycles. The maximum atomic E-state index is 14.2. The van der Waals surface area contributed by atoms with Crippen LogP contribution in [0.4, 0.5) is 4.39 Å². The van der Waals surface area contributed by atoms with Crippen molar-refractivity contribution in [1.82, 2.24) is 4.90 Å². The maximum absolute atomic E-state index is 14.2. The average Bonchev–Trinajstić information content (AvgIpc) is 3.87. The summed E-state index contributed by atoms with van der Waals surface area (Å²) in [4.78, 5) is 42.8. The van der Waals surface area contributed by atoms with Gasteiger partial charge in [-0.1, -0.05) is 6.07 Å². The van der Waals surface area contributed by atoms with Crippen molar-refractivity contribution in [1.29, 1.82) is 0 Å². The summed E-state index contributed by atoms with van der Waals surface area (Å²) in [6.45, 7) is 0.943. The third kappa shape index (κ3) is 7.34. The van der Waals surface area contributed by atoms with Crippen LogP contribution in [0.1, 0.15) is 86.7 Å². The number of hydrogen-bond donors (Lipinski definition) is 1. The molecule has 2 aromatic rings. The lowest BCUT2D eigenvalue weighted by Gasteiger charge is -2.37. The second kappa shape index (κ2) is 14.9. The van der Waals surface area contributed by atoms with Gasteiger partial charge in [0.25, 0.3) is 0 Å². The number of methoxy groups -OCH3 is 1. The SMILES string of the molecule is COC1CCC([C@@H]2CCN(C(=O)C3CCC([C@H](N)CF)CC3)[C@@H]2C(=O)Cc2ccc3oc(C(=O)OCC4CCCO4)cc3c2)CC1. The lowest BCUT2D eigenvalue weighted by atomic mass is 9.74. The number of carbonyl (C=O) groups is 3. The predicted molar refractivity (Wildman–Crippen MR) is 170 cm³/mol. The molecule has 9 nitrogen and oxygen atoms in total. The van der Waals surface area contributed by atoms with E-state index in [-0.39, 0.29) is 60.4 Å². The molecule has 1 unspecified atom stereocenters. The first-order chi connectivity index (χ1) is 22.3. The smallest absolute Gasteiger partial charge is 0.374 e. The fourth-order valence-electron chi connectivity index (χ4n) is 8.50. The van der Waals surface area contributed by atoms with Gasteiger partial charge in [-0.2, -0.15) is 0 Å². The van der Waals surface area contributed by atoms with Crippen LogP contribution in [0, 0.1) is 23.7 Å². The lowest BCUT2D eigenvalue weighted by molar-refractivity contribution is -0.143. The van der Waals surface area contributed by atoms with Crippen LogP contribution in [0.25, 0.3) is 11.0 Å². The number of carbonyl (C=O) groups excluding carboxylic acids is 3. The molecule has 2 N–H and O–H groups in total. The number of likely N-dealkylation sites (tertiary alicyclic amines) is 1. The van der Waals surface area contributed by atoms with Crippen LogP contribution in [0.3, 0.4) is 0 Å². The summed E-state index contributed by atoms with van der Waals surface area (Å²) in [5, 5.41) is 0.728. The van der Waals surface area contributed by atoms with Crippen molar-refractivity contribution in [2.24, 2.45) is 29.4 Å². The molecule has 0 spiro atoms. The van der Waals surface area contributed by atoms with Crippen molar-refractivity contribution in [3.8, 4) is 0 Å². The second-order valence-corrected chi connectivity index (χ2v) is 14.0. The number of halogens is 1. The van der Waals surface area contributed by atoms with Crippen molar-refractivity contribution in [2.75, 3.05) is 33.5 Å². The highest BCUT2D eigenvalue weighted by Gasteiger charge is 2.47. The molecule has 0 radical (unpaired) electrons. The molecule has 4 aliphatic rings. The van der Waals surface area contributed by atoms with E-state index in [1.807, 2.05) is 17.0 Å². The van der Waals surface area contributed by atoms with Gasteiger partial charge in [0.1, 0.15) is 18.9 Å². The van der Waals surface area contributed by atoms with E-state index in [1.165, 1.54) is 0 Å². The molecule has 2 aliphatic heterocycles. The summed E-state index contributed by atoms with van der Waals surface area (Å²) >= 11 is 0. The summed E-state index contributed by atoms with van der Waals surface area (Å²) in [7, 11) is 1.76. The summed E-state index contributed by atoms with van der Waals surface area (Å²) in [5.74, 6) is 0.155. The van der Waals surface area contributed by atoms with Gasteiger partial charge >= 0.3 is 5.97 Å². The van der Waals surface area contributed by atoms with Crippen molar-refractivity contribution in [2.45, 2.75) is 101 Å². The van der Waals surface area contributed by atoms with Gasteiger partial charge in [-0.05, 0) is 112 Å². The van der Waals surface area contributed by atoms with Gasteiger partial charge in [0, 0.05) is 44.0 Å². The zero-order valence-corrected chi connectivity index (χ0v) is 27.0. The summed E-state index contributed by atoms with van der Waals surface area (Å²) in [6.07, 6.45) is 9.85. The van der Waals surface area contributed by atoms with Crippen molar-refractivity contribution >= 4 is 28.6 Å². The van der Waals surface area contributed by atoms with Gasteiger partial charge in [-0.15, -0.1) is 0 Å². The van der Waals surface area contributed by atoms with E-state index < -0.39 is 24.7 Å². The van der Waals surface area contributed by atoms with Gasteiger partial charge in [0.2, 0.25) is 11.7 Å². The Balaban J connectivity index is 1.15. The highest BCUT2D eigenvalue weighted by atomic mass is 19.1. The van der Waals surface area contributed by atoms with E-state index in [4.69, 9.17) is 24.4 Å². The zero-order valence-electron chi connectivity index (χ0n) is 27.0. The van der Waals surface area contributed by atoms with Crippen molar-refractivity contribution in [3.63, 3.8) is 0 Å². The Morgan fingerprint density at radius 1 is 1.02 bits per heavy atom. The Morgan fingerprint density at radius 2 is 1.80 bits per heavy atom. The van der Waals surface area contributed by atoms with Crippen LogP contribution in [0.15, 0.2) is 28.7 Å². The fraction of sp³-hybridized carbons (Fsp3) is 0.694. The van der Waals surface area contributed by atoms with E-state index >= 15 is 0 Å². The monoisotopic (exact) mass is 640 g/mol. The number of ketones is 1. The molecule has 10 heteroatoms. The number of furan rings is 1. The number of hydrogen-bond acceptors (Lipinski definition) is 8. The quantitative estimate of drug-likeness (QED) is 0.324. The van der Waals surface area contributed by atoms with Gasteiger partial charge in [-0.3, -0.25) is 9.59 Å². The Hall–Kier alpha value is -2.82. The number of benzene rings is 1. The van der Waals surface area contributed by atoms with E-state index in [0.717, 1.165) is 68.7 Å². The van der Waals surface area contributed by atoms with Crippen molar-refractivity contribution in [3.05, 3.63) is 35.6 Å². The van der Waals surface area contributed by atoms with E-state index in [0.29, 0.717) is 37.5 Å². The maximum Gasteiger partial charge on any atom is 0.374 e. The second-order valence-electron chi connectivity index (χ2n) is 14.0. The van der Waals surface area contributed by atoms with E-state index in [1.54, 1.807) is 19.2 Å². The standard InChI is InChI=1S/C36H49FN2O7/c1-43-27-11-9-23(10-12-27)29-14-15-39(35(41)25-7-5-24(6-8-25)30(38)20-37)34(29)31(40)18-22-4-13-32-26(17-22)19-33(46-32)36(42)45-21-28-3-2-16-44-28/h4,13,17,19,23-25,27-30,34H,2-3,5-12,14-16,18,20-21,38H2,1H3/t23?,24?,25?,27?,28?,29-,30+,34-/m0/s1. The fourth-order valence-corrected chi connectivity index (χ4v) is 8.50. The molecule has 0 bridgehead atoms. The Bertz CT molecular complexity index is 1360. The number of ether oxygens (including phenoxy) is 3. The van der Waals surface area contributed by atoms with Gasteiger partial charge < -0.3 is 29.3 Å². The lowest BCUT2D eigenvalue weighted by Crippen LogP contribution is -2.48. The minimum absolute atomic E-state index is 0.0527. The largest absolute Gasteiger partial charge is 0.457 e. The molecule has 1 aromatic heterocycles. The number of Topliss-reactive ketones (excluding diaryl/α,β-unsaturated/α-hetero) is 1. The van der Waals surface area contributed by atoms with Crippen LogP contribution in [0.2, 0.25) is 0 Å². The van der Waals surface area contributed by atoms with Gasteiger partial charge in [-0.25, -0.2) is 9.18 Å².